The molecule has 1 aliphatic rings. The summed E-state index contributed by atoms with van der Waals surface area (Å²) in [6.07, 6.45) is 3.16. The first-order chi connectivity index (χ1) is 16.8. The highest BCUT2D eigenvalue weighted by molar-refractivity contribution is 5.77. The Kier molecular flexibility index (Phi) is 6.57. The van der Waals surface area contributed by atoms with Crippen molar-refractivity contribution in [3.8, 4) is 11.8 Å². The number of nitrogens with two attached hydrogens (primary N) is 1. The standard InChI is InChI=1S/C24H27N7O4/c1-4-6-14-29-21-20(26-24(29)28-13-9-10-16(25)15-28)22(32)27(3)30(23(21)33)18(5-2)17-11-7-8-12-19(17)31(34)35/h5,7-8,11-12,16,18H,2,9-10,13-15,25H2,1,3H3. The van der Waals surface area contributed by atoms with Crippen molar-refractivity contribution in [2.75, 3.05) is 18.0 Å². The monoisotopic (exact) mass is 477 g/mol. The number of piperidine rings is 1. The maximum Gasteiger partial charge on any atom is 0.293 e. The van der Waals surface area contributed by atoms with Crippen LogP contribution in [0.1, 0.15) is 31.4 Å². The van der Waals surface area contributed by atoms with E-state index in [9.17, 15) is 19.7 Å². The molecule has 0 saturated carbocycles. The average Bonchev–Trinajstić information content (AvgIpc) is 3.24. The van der Waals surface area contributed by atoms with Gasteiger partial charge in [-0.05, 0) is 25.8 Å². The van der Waals surface area contributed by atoms with Crippen molar-refractivity contribution >= 4 is 22.7 Å². The first-order valence-corrected chi connectivity index (χ1v) is 11.3. The van der Waals surface area contributed by atoms with Crippen LogP contribution >= 0.6 is 0 Å². The van der Waals surface area contributed by atoms with Crippen molar-refractivity contribution < 1.29 is 4.92 Å². The first kappa shape index (κ1) is 24.0. The fourth-order valence-corrected chi connectivity index (χ4v) is 4.62. The summed E-state index contributed by atoms with van der Waals surface area (Å²) in [6, 6.07) is 5.08. The van der Waals surface area contributed by atoms with Crippen LogP contribution in [0.3, 0.4) is 0 Å². The Morgan fingerprint density at radius 3 is 2.74 bits per heavy atom. The number of allylic oxidation sites excluding steroid dienone is 1. The normalized spacial score (nSPS) is 16.5. The molecule has 1 fully saturated rings. The van der Waals surface area contributed by atoms with E-state index in [1.54, 1.807) is 29.7 Å². The van der Waals surface area contributed by atoms with Gasteiger partial charge in [0.2, 0.25) is 5.95 Å². The molecule has 3 heterocycles. The number of para-hydroxylation sites is 1. The zero-order valence-corrected chi connectivity index (χ0v) is 19.7. The number of nitrogens with zero attached hydrogens (tertiary/aromatic N) is 6. The highest BCUT2D eigenvalue weighted by Crippen LogP contribution is 2.28. The summed E-state index contributed by atoms with van der Waals surface area (Å²) < 4.78 is 3.97. The lowest BCUT2D eigenvalue weighted by Crippen LogP contribution is -2.44. The quantitative estimate of drug-likeness (QED) is 0.246. The van der Waals surface area contributed by atoms with E-state index in [0.29, 0.717) is 19.0 Å². The molecule has 1 saturated heterocycles. The van der Waals surface area contributed by atoms with E-state index in [4.69, 9.17) is 5.73 Å². The van der Waals surface area contributed by atoms with Gasteiger partial charge < -0.3 is 10.6 Å². The molecule has 2 aromatic heterocycles. The number of fused-ring (bicyclic) bond motifs is 1. The van der Waals surface area contributed by atoms with Crippen LogP contribution in [0.15, 0.2) is 46.5 Å². The van der Waals surface area contributed by atoms with E-state index in [2.05, 4.69) is 23.4 Å². The summed E-state index contributed by atoms with van der Waals surface area (Å²) in [5.74, 6) is 6.25. The van der Waals surface area contributed by atoms with E-state index < -0.39 is 22.1 Å². The number of nitro groups is 1. The lowest BCUT2D eigenvalue weighted by molar-refractivity contribution is -0.385. The van der Waals surface area contributed by atoms with Crippen LogP contribution in [0.5, 0.6) is 0 Å². The van der Waals surface area contributed by atoms with Gasteiger partial charge in [0.05, 0.1) is 17.0 Å². The van der Waals surface area contributed by atoms with Crippen LogP contribution in [-0.2, 0) is 13.6 Å². The molecule has 0 amide bonds. The Morgan fingerprint density at radius 2 is 2.09 bits per heavy atom. The van der Waals surface area contributed by atoms with Crippen molar-refractivity contribution in [1.82, 2.24) is 18.9 Å². The van der Waals surface area contributed by atoms with Gasteiger partial charge in [-0.1, -0.05) is 24.1 Å². The third kappa shape index (κ3) is 4.13. The molecule has 1 aromatic carbocycles. The lowest BCUT2D eigenvalue weighted by Gasteiger charge is -2.31. The fourth-order valence-electron chi connectivity index (χ4n) is 4.62. The predicted molar refractivity (Wildman–Crippen MR) is 134 cm³/mol. The van der Waals surface area contributed by atoms with E-state index in [1.807, 2.05) is 4.90 Å². The molecule has 2 atom stereocenters. The predicted octanol–water partition coefficient (Wildman–Crippen LogP) is 1.53. The van der Waals surface area contributed by atoms with Crippen LogP contribution in [0.2, 0.25) is 0 Å². The molecule has 0 spiro atoms. The highest BCUT2D eigenvalue weighted by atomic mass is 16.6. The summed E-state index contributed by atoms with van der Waals surface area (Å²) in [5.41, 5.74) is 5.32. The maximum absolute atomic E-state index is 13.9. The van der Waals surface area contributed by atoms with Crippen LogP contribution in [0.25, 0.3) is 11.0 Å². The molecule has 4 rings (SSSR count). The average molecular weight is 478 g/mol. The number of benzene rings is 1. The zero-order chi connectivity index (χ0) is 25.3. The molecule has 0 radical (unpaired) electrons. The number of nitro benzene ring substituents is 1. The SMILES string of the molecule is C=CC(c1ccccc1[N+](=O)[O-])n1c(=O)c2c(nc(N3CCCC(N)C3)n2CC#CC)c(=O)n1C. The van der Waals surface area contributed by atoms with Crippen molar-refractivity contribution in [3.63, 3.8) is 0 Å². The van der Waals surface area contributed by atoms with E-state index >= 15 is 0 Å². The number of hydrogen-bond donors (Lipinski definition) is 1. The van der Waals surface area contributed by atoms with E-state index in [0.717, 1.165) is 17.5 Å². The van der Waals surface area contributed by atoms with Gasteiger partial charge in [-0.2, -0.15) is 0 Å². The van der Waals surface area contributed by atoms with Gasteiger partial charge in [-0.25, -0.2) is 14.3 Å². The van der Waals surface area contributed by atoms with Crippen molar-refractivity contribution in [1.29, 1.82) is 0 Å². The van der Waals surface area contributed by atoms with Crippen LogP contribution < -0.4 is 21.8 Å². The summed E-state index contributed by atoms with van der Waals surface area (Å²) in [5, 5.41) is 11.7. The molecule has 2 N–H and O–H groups in total. The van der Waals surface area contributed by atoms with Gasteiger partial charge in [0.1, 0.15) is 11.6 Å². The number of rotatable bonds is 6. The molecular weight excluding hydrogens is 450 g/mol. The molecule has 0 aliphatic carbocycles. The molecule has 1 aliphatic heterocycles. The smallest absolute Gasteiger partial charge is 0.293 e. The van der Waals surface area contributed by atoms with Gasteiger partial charge >= 0.3 is 0 Å². The molecule has 11 nitrogen and oxygen atoms in total. The number of anilines is 1. The number of hydrogen-bond acceptors (Lipinski definition) is 7. The Bertz CT molecular complexity index is 1490. The summed E-state index contributed by atoms with van der Waals surface area (Å²) in [6.45, 7) is 6.88. The summed E-state index contributed by atoms with van der Waals surface area (Å²) in [7, 11) is 1.44. The van der Waals surface area contributed by atoms with Gasteiger partial charge in [-0.3, -0.25) is 24.3 Å². The molecule has 0 bridgehead atoms. The molecule has 11 heteroatoms. The Labute approximate surface area is 201 Å². The Balaban J connectivity index is 2.03. The van der Waals surface area contributed by atoms with Gasteiger partial charge in [-0.15, -0.1) is 12.5 Å². The van der Waals surface area contributed by atoms with Crippen LogP contribution in [0, 0.1) is 22.0 Å². The third-order valence-corrected chi connectivity index (χ3v) is 6.27. The third-order valence-electron chi connectivity index (χ3n) is 6.27. The molecule has 3 aromatic rings. The highest BCUT2D eigenvalue weighted by Gasteiger charge is 2.29. The molecule has 182 valence electrons. The molecule has 2 unspecified atom stereocenters. The minimum Gasteiger partial charge on any atom is -0.341 e. The number of aromatic nitrogens is 4. The van der Waals surface area contributed by atoms with Gasteiger partial charge in [0.15, 0.2) is 5.52 Å². The zero-order valence-electron chi connectivity index (χ0n) is 19.7. The Morgan fingerprint density at radius 1 is 1.34 bits per heavy atom. The summed E-state index contributed by atoms with van der Waals surface area (Å²) in [4.78, 5) is 45.1. The molecule has 35 heavy (non-hydrogen) atoms. The number of imidazole rings is 1. The van der Waals surface area contributed by atoms with E-state index in [1.165, 1.54) is 23.9 Å². The summed E-state index contributed by atoms with van der Waals surface area (Å²) >= 11 is 0. The van der Waals surface area contributed by atoms with Crippen LogP contribution in [0.4, 0.5) is 11.6 Å². The van der Waals surface area contributed by atoms with Crippen LogP contribution in [-0.4, -0.2) is 43.0 Å². The fraction of sp³-hybridized carbons (Fsp3) is 0.375. The maximum atomic E-state index is 13.9. The second kappa shape index (κ2) is 9.60. The van der Waals surface area contributed by atoms with Crippen molar-refractivity contribution in [2.24, 2.45) is 12.8 Å². The van der Waals surface area contributed by atoms with E-state index in [-0.39, 0.29) is 34.9 Å². The minimum absolute atomic E-state index is 0.0196. The lowest BCUT2D eigenvalue weighted by atomic mass is 10.0. The second-order valence-electron chi connectivity index (χ2n) is 8.45. The topological polar surface area (TPSA) is 134 Å². The van der Waals surface area contributed by atoms with Gasteiger partial charge in [0, 0.05) is 32.2 Å². The second-order valence-corrected chi connectivity index (χ2v) is 8.45. The molecular formula is C24H27N7O4. The largest absolute Gasteiger partial charge is 0.341 e. The Hall–Kier alpha value is -4.17. The van der Waals surface area contributed by atoms with Crippen molar-refractivity contribution in [3.05, 3.63) is 73.3 Å². The van der Waals surface area contributed by atoms with Crippen molar-refractivity contribution in [2.45, 2.75) is 38.4 Å². The van der Waals surface area contributed by atoms with Gasteiger partial charge in [0.25, 0.3) is 16.8 Å². The first-order valence-electron chi connectivity index (χ1n) is 11.3. The minimum atomic E-state index is -0.960.